The number of ketones is 2. The molecule has 0 amide bonds. The normalized spacial score (nSPS) is 12.3. The summed E-state index contributed by atoms with van der Waals surface area (Å²) in [6.45, 7) is 7.26. The van der Waals surface area contributed by atoms with E-state index in [0.717, 1.165) is 0 Å². The van der Waals surface area contributed by atoms with E-state index in [1.165, 1.54) is 18.7 Å². The van der Waals surface area contributed by atoms with Crippen molar-refractivity contribution in [3.05, 3.63) is 57.1 Å². The van der Waals surface area contributed by atoms with Crippen LogP contribution in [0.1, 0.15) is 52.0 Å². The average molecular weight is 428 g/mol. The van der Waals surface area contributed by atoms with Gasteiger partial charge in [-0.2, -0.15) is 0 Å². The fraction of sp³-hybridized carbons (Fsp3) is 0.364. The number of Topliss-reactive ketones (excluding diaryl/α,β-unsaturated/α-hetero) is 2. The van der Waals surface area contributed by atoms with Crippen molar-refractivity contribution in [2.75, 3.05) is 19.5 Å². The Hall–Kier alpha value is -2.71. The molecule has 7 nitrogen and oxygen atoms in total. The number of aromatic amines is 1. The van der Waals surface area contributed by atoms with Crippen molar-refractivity contribution in [2.45, 2.75) is 38.9 Å². The number of aromatic nitrogens is 3. The molecule has 1 atom stereocenters. The van der Waals surface area contributed by atoms with Crippen LogP contribution in [-0.4, -0.2) is 45.6 Å². The van der Waals surface area contributed by atoms with Crippen LogP contribution in [-0.2, 0) is 4.74 Å². The van der Waals surface area contributed by atoms with Gasteiger partial charge < -0.3 is 9.72 Å². The Labute approximate surface area is 178 Å². The number of benzene rings is 1. The minimum Gasteiger partial charge on any atom is -0.383 e. The fourth-order valence-electron chi connectivity index (χ4n) is 3.69. The van der Waals surface area contributed by atoms with Gasteiger partial charge in [0.2, 0.25) is 0 Å². The van der Waals surface area contributed by atoms with Crippen molar-refractivity contribution in [2.24, 2.45) is 0 Å². The number of thioether (sulfide) groups is 1. The molecule has 0 aliphatic heterocycles. The Balaban J connectivity index is 1.96. The molecule has 8 heteroatoms. The summed E-state index contributed by atoms with van der Waals surface area (Å²) in [4.78, 5) is 45.5. The van der Waals surface area contributed by atoms with Crippen molar-refractivity contribution in [3.8, 4) is 0 Å². The van der Waals surface area contributed by atoms with Gasteiger partial charge in [-0.1, -0.05) is 23.9 Å². The Bertz CT molecular complexity index is 1180. The van der Waals surface area contributed by atoms with Gasteiger partial charge in [-0.15, -0.1) is 0 Å². The Morgan fingerprint density at radius 1 is 1.27 bits per heavy atom. The fourth-order valence-corrected chi connectivity index (χ4v) is 4.66. The van der Waals surface area contributed by atoms with Gasteiger partial charge >= 0.3 is 0 Å². The smallest absolute Gasteiger partial charge is 0.262 e. The van der Waals surface area contributed by atoms with Crippen LogP contribution in [0.2, 0.25) is 0 Å². The second-order valence-electron chi connectivity index (χ2n) is 7.28. The molecule has 1 aromatic carbocycles. The van der Waals surface area contributed by atoms with Crippen molar-refractivity contribution >= 4 is 34.2 Å². The van der Waals surface area contributed by atoms with E-state index in [1.807, 2.05) is 13.0 Å². The van der Waals surface area contributed by atoms with E-state index in [9.17, 15) is 14.4 Å². The largest absolute Gasteiger partial charge is 0.383 e. The molecule has 0 bridgehead atoms. The lowest BCUT2D eigenvalue weighted by molar-refractivity contribution is 0.101. The van der Waals surface area contributed by atoms with E-state index in [1.54, 1.807) is 43.7 Å². The summed E-state index contributed by atoms with van der Waals surface area (Å²) in [7, 11) is 1.58. The van der Waals surface area contributed by atoms with Crippen molar-refractivity contribution in [1.82, 2.24) is 14.5 Å². The molecule has 2 heterocycles. The SMILES string of the molecule is COC[C@H](C)n1c(SCC(=O)c2[nH]c(C)c(C(C)=O)c2C)nc2ccccc2c1=O. The topological polar surface area (TPSA) is 94.1 Å². The summed E-state index contributed by atoms with van der Waals surface area (Å²) in [6.07, 6.45) is 0. The van der Waals surface area contributed by atoms with Gasteiger partial charge in [0.1, 0.15) is 0 Å². The van der Waals surface area contributed by atoms with Crippen LogP contribution < -0.4 is 5.56 Å². The number of nitrogens with one attached hydrogen (secondary N) is 1. The lowest BCUT2D eigenvalue weighted by Crippen LogP contribution is -2.28. The summed E-state index contributed by atoms with van der Waals surface area (Å²) in [5.74, 6) is -0.143. The van der Waals surface area contributed by atoms with E-state index in [0.29, 0.717) is 45.2 Å². The third kappa shape index (κ3) is 4.11. The summed E-state index contributed by atoms with van der Waals surface area (Å²) >= 11 is 1.21. The minimum absolute atomic E-state index is 0.0774. The highest BCUT2D eigenvalue weighted by Crippen LogP contribution is 2.24. The zero-order chi connectivity index (χ0) is 22.0. The van der Waals surface area contributed by atoms with Gasteiger partial charge in [-0.05, 0) is 45.4 Å². The lowest BCUT2D eigenvalue weighted by atomic mass is 10.1. The third-order valence-corrected chi connectivity index (χ3v) is 5.98. The molecule has 3 aromatic rings. The highest BCUT2D eigenvalue weighted by atomic mass is 32.2. The molecule has 3 rings (SSSR count). The Morgan fingerprint density at radius 2 is 1.97 bits per heavy atom. The molecule has 1 N–H and O–H groups in total. The first-order chi connectivity index (χ1) is 14.3. The maximum Gasteiger partial charge on any atom is 0.262 e. The first-order valence-electron chi connectivity index (χ1n) is 9.62. The van der Waals surface area contributed by atoms with Crippen LogP contribution in [0.4, 0.5) is 0 Å². The molecule has 0 saturated carbocycles. The Morgan fingerprint density at radius 3 is 2.60 bits per heavy atom. The summed E-state index contributed by atoms with van der Waals surface area (Å²) in [6, 6.07) is 6.91. The van der Waals surface area contributed by atoms with E-state index in [-0.39, 0.29) is 28.9 Å². The number of hydrogen-bond donors (Lipinski definition) is 1. The first kappa shape index (κ1) is 22.0. The summed E-state index contributed by atoms with van der Waals surface area (Å²) in [5, 5.41) is 0.988. The maximum absolute atomic E-state index is 13.1. The van der Waals surface area contributed by atoms with Gasteiger partial charge in [0.25, 0.3) is 5.56 Å². The number of aryl methyl sites for hydroxylation is 1. The monoisotopic (exact) mass is 427 g/mol. The van der Waals surface area contributed by atoms with Crippen molar-refractivity contribution < 1.29 is 14.3 Å². The molecule has 158 valence electrons. The minimum atomic E-state index is -0.240. The van der Waals surface area contributed by atoms with Crippen LogP contribution in [0.15, 0.2) is 34.2 Å². The third-order valence-electron chi connectivity index (χ3n) is 5.02. The molecule has 0 aliphatic carbocycles. The molecular formula is C22H25N3O4S. The molecule has 0 saturated heterocycles. The highest BCUT2D eigenvalue weighted by molar-refractivity contribution is 7.99. The number of fused-ring (bicyclic) bond motifs is 1. The molecule has 2 aromatic heterocycles. The highest BCUT2D eigenvalue weighted by Gasteiger charge is 2.22. The second kappa shape index (κ2) is 8.97. The van der Waals surface area contributed by atoms with Gasteiger partial charge in [-0.3, -0.25) is 19.0 Å². The Kier molecular flexibility index (Phi) is 6.58. The van der Waals surface area contributed by atoms with E-state index in [2.05, 4.69) is 9.97 Å². The standard InChI is InChI=1S/C22H25N3O4S/c1-12(10-29-5)25-21(28)16-8-6-7-9-17(16)24-22(25)30-11-18(27)20-13(2)19(15(4)26)14(3)23-20/h6-9,12,23H,10-11H2,1-5H3/t12-/m0/s1. The predicted octanol–water partition coefficient (Wildman–Crippen LogP) is 3.73. The summed E-state index contributed by atoms with van der Waals surface area (Å²) in [5.41, 5.74) is 2.74. The van der Waals surface area contributed by atoms with Crippen LogP contribution >= 0.6 is 11.8 Å². The van der Waals surface area contributed by atoms with E-state index >= 15 is 0 Å². The number of methoxy groups -OCH3 is 1. The van der Waals surface area contributed by atoms with E-state index < -0.39 is 0 Å². The van der Waals surface area contributed by atoms with Gasteiger partial charge in [0.15, 0.2) is 16.7 Å². The molecule has 0 radical (unpaired) electrons. The molecule has 30 heavy (non-hydrogen) atoms. The van der Waals surface area contributed by atoms with Crippen molar-refractivity contribution in [3.63, 3.8) is 0 Å². The first-order valence-corrected chi connectivity index (χ1v) is 10.6. The summed E-state index contributed by atoms with van der Waals surface area (Å²) < 4.78 is 6.81. The van der Waals surface area contributed by atoms with Crippen LogP contribution in [0.5, 0.6) is 0 Å². The number of para-hydroxylation sites is 1. The van der Waals surface area contributed by atoms with E-state index in [4.69, 9.17) is 4.74 Å². The van der Waals surface area contributed by atoms with Crippen LogP contribution in [0, 0.1) is 13.8 Å². The van der Waals surface area contributed by atoms with Crippen LogP contribution in [0.25, 0.3) is 10.9 Å². The zero-order valence-corrected chi connectivity index (χ0v) is 18.6. The van der Waals surface area contributed by atoms with Crippen molar-refractivity contribution in [1.29, 1.82) is 0 Å². The van der Waals surface area contributed by atoms with Gasteiger partial charge in [0.05, 0.1) is 35.0 Å². The number of hydrogen-bond acceptors (Lipinski definition) is 6. The number of rotatable bonds is 8. The number of ether oxygens (including phenoxy) is 1. The molecule has 0 unspecified atom stereocenters. The molecule has 0 aliphatic rings. The second-order valence-corrected chi connectivity index (χ2v) is 8.23. The zero-order valence-electron chi connectivity index (χ0n) is 17.7. The number of carbonyl (C=O) groups is 2. The quantitative estimate of drug-likeness (QED) is 0.334. The maximum atomic E-state index is 13.1. The average Bonchev–Trinajstić information content (AvgIpc) is 3.00. The number of carbonyl (C=O) groups excluding carboxylic acids is 2. The predicted molar refractivity (Wildman–Crippen MR) is 118 cm³/mol. The number of H-pyrrole nitrogens is 1. The number of nitrogens with zero attached hydrogens (tertiary/aromatic N) is 2. The lowest BCUT2D eigenvalue weighted by Gasteiger charge is -2.18. The van der Waals surface area contributed by atoms with Gasteiger partial charge in [-0.25, -0.2) is 4.98 Å². The van der Waals surface area contributed by atoms with Crippen LogP contribution in [0.3, 0.4) is 0 Å². The van der Waals surface area contributed by atoms with Gasteiger partial charge in [0, 0.05) is 18.4 Å². The molecular weight excluding hydrogens is 402 g/mol. The molecule has 0 fully saturated rings. The molecule has 0 spiro atoms.